The maximum Gasteiger partial charge on any atom is 0.168 e. The van der Waals surface area contributed by atoms with Crippen LogP contribution in [0.5, 0.6) is 0 Å². The van der Waals surface area contributed by atoms with Crippen LogP contribution in [0, 0.1) is 11.8 Å². The number of carbonyl (C=O) groups is 2. The molecule has 1 N–H and O–H groups in total. The van der Waals surface area contributed by atoms with E-state index in [1.807, 2.05) is 0 Å². The first-order valence-corrected chi connectivity index (χ1v) is 7.97. The average molecular weight is 313 g/mol. The Bertz CT molecular complexity index is 654. The van der Waals surface area contributed by atoms with E-state index in [-0.39, 0.29) is 23.2 Å². The molecule has 1 aromatic rings. The Hall–Kier alpha value is -2.23. The maximum absolute atomic E-state index is 12.2. The van der Waals surface area contributed by atoms with E-state index in [4.69, 9.17) is 0 Å². The van der Waals surface area contributed by atoms with Gasteiger partial charge >= 0.3 is 0 Å². The molecular weight excluding hydrogens is 290 g/mol. The van der Waals surface area contributed by atoms with Crippen LogP contribution in [0.1, 0.15) is 50.4 Å². The maximum atomic E-state index is 12.2. The quantitative estimate of drug-likeness (QED) is 0.646. The molecule has 1 aliphatic carbocycles. The van der Waals surface area contributed by atoms with Crippen molar-refractivity contribution < 1.29 is 14.7 Å². The molecule has 122 valence electrons. The van der Waals surface area contributed by atoms with Gasteiger partial charge in [0.15, 0.2) is 11.6 Å². The summed E-state index contributed by atoms with van der Waals surface area (Å²) in [6.07, 6.45) is 3.38. The molecule has 0 heterocycles. The summed E-state index contributed by atoms with van der Waals surface area (Å²) in [5.41, 5.74) is 1.57. The standard InChI is InChI=1S/C19H23NO3/c1-12(2)8-14-9-18(22)17(19(23)10-14)11-20-16-6-4-15(5-7-16)13(3)21/h4-7,11-12,14,22H,8-10H2,1-3H3. The van der Waals surface area contributed by atoms with Crippen molar-refractivity contribution in [3.8, 4) is 0 Å². The fourth-order valence-corrected chi connectivity index (χ4v) is 2.89. The Kier molecular flexibility index (Phi) is 5.48. The van der Waals surface area contributed by atoms with Crippen molar-refractivity contribution in [2.24, 2.45) is 16.8 Å². The summed E-state index contributed by atoms with van der Waals surface area (Å²) in [4.78, 5) is 27.7. The summed E-state index contributed by atoms with van der Waals surface area (Å²) < 4.78 is 0. The number of allylic oxidation sites excluding steroid dienone is 2. The van der Waals surface area contributed by atoms with Crippen molar-refractivity contribution in [3.05, 3.63) is 41.2 Å². The van der Waals surface area contributed by atoms with Crippen LogP contribution in [0.3, 0.4) is 0 Å². The van der Waals surface area contributed by atoms with Crippen molar-refractivity contribution in [3.63, 3.8) is 0 Å². The van der Waals surface area contributed by atoms with E-state index < -0.39 is 0 Å². The number of aliphatic hydroxyl groups excluding tert-OH is 1. The molecule has 0 aliphatic heterocycles. The first-order valence-electron chi connectivity index (χ1n) is 7.97. The van der Waals surface area contributed by atoms with Gasteiger partial charge < -0.3 is 5.11 Å². The molecule has 0 spiro atoms. The van der Waals surface area contributed by atoms with Gasteiger partial charge in [-0.1, -0.05) is 13.8 Å². The van der Waals surface area contributed by atoms with Crippen molar-refractivity contribution in [2.75, 3.05) is 0 Å². The number of aliphatic imine (C=N–C) groups is 1. The van der Waals surface area contributed by atoms with Crippen LogP contribution in [0.25, 0.3) is 0 Å². The Balaban J connectivity index is 2.12. The molecule has 1 atom stereocenters. The fourth-order valence-electron chi connectivity index (χ4n) is 2.89. The summed E-state index contributed by atoms with van der Waals surface area (Å²) >= 11 is 0. The topological polar surface area (TPSA) is 66.7 Å². The molecule has 4 heteroatoms. The lowest BCUT2D eigenvalue weighted by atomic mass is 9.82. The van der Waals surface area contributed by atoms with Gasteiger partial charge in [0.25, 0.3) is 0 Å². The third-order valence-corrected chi connectivity index (χ3v) is 3.99. The molecule has 0 amide bonds. The summed E-state index contributed by atoms with van der Waals surface area (Å²) in [6.45, 7) is 5.75. The molecule has 0 saturated carbocycles. The number of carbonyl (C=O) groups excluding carboxylic acids is 2. The van der Waals surface area contributed by atoms with Gasteiger partial charge in [-0.05, 0) is 49.4 Å². The summed E-state index contributed by atoms with van der Waals surface area (Å²) in [5, 5.41) is 10.1. The van der Waals surface area contributed by atoms with Crippen LogP contribution in [-0.4, -0.2) is 22.9 Å². The summed E-state index contributed by atoms with van der Waals surface area (Å²) in [5.74, 6) is 0.809. The van der Waals surface area contributed by atoms with E-state index in [1.54, 1.807) is 24.3 Å². The zero-order valence-electron chi connectivity index (χ0n) is 13.9. The van der Waals surface area contributed by atoms with E-state index in [1.165, 1.54) is 13.1 Å². The second kappa shape index (κ2) is 7.36. The minimum Gasteiger partial charge on any atom is -0.511 e. The lowest BCUT2D eigenvalue weighted by Crippen LogP contribution is -2.21. The Labute approximate surface area is 136 Å². The lowest BCUT2D eigenvalue weighted by Gasteiger charge is -2.23. The third-order valence-electron chi connectivity index (χ3n) is 3.99. The van der Waals surface area contributed by atoms with Crippen LogP contribution >= 0.6 is 0 Å². The first kappa shape index (κ1) is 17.1. The molecule has 2 rings (SSSR count). The Morgan fingerprint density at radius 1 is 1.30 bits per heavy atom. The number of benzene rings is 1. The zero-order chi connectivity index (χ0) is 17.0. The van der Waals surface area contributed by atoms with Crippen molar-refractivity contribution in [1.82, 2.24) is 0 Å². The molecule has 4 nitrogen and oxygen atoms in total. The van der Waals surface area contributed by atoms with Crippen LogP contribution < -0.4 is 0 Å². The average Bonchev–Trinajstić information content (AvgIpc) is 2.46. The Morgan fingerprint density at radius 2 is 1.96 bits per heavy atom. The molecular formula is C19H23NO3. The van der Waals surface area contributed by atoms with E-state index in [2.05, 4.69) is 18.8 Å². The van der Waals surface area contributed by atoms with Gasteiger partial charge in [0, 0.05) is 24.6 Å². The van der Waals surface area contributed by atoms with Gasteiger partial charge in [-0.3, -0.25) is 14.6 Å². The van der Waals surface area contributed by atoms with E-state index in [9.17, 15) is 14.7 Å². The molecule has 0 radical (unpaired) electrons. The van der Waals surface area contributed by atoms with E-state index >= 15 is 0 Å². The summed E-state index contributed by atoms with van der Waals surface area (Å²) in [7, 11) is 0. The fraction of sp³-hybridized carbons (Fsp3) is 0.421. The second-order valence-electron chi connectivity index (χ2n) is 6.55. The minimum absolute atomic E-state index is 0.000431. The number of hydrogen-bond acceptors (Lipinski definition) is 4. The van der Waals surface area contributed by atoms with Gasteiger partial charge in [-0.25, -0.2) is 0 Å². The number of aliphatic hydroxyl groups is 1. The van der Waals surface area contributed by atoms with Crippen molar-refractivity contribution in [1.29, 1.82) is 0 Å². The third kappa shape index (κ3) is 4.62. The number of nitrogens with zero attached hydrogens (tertiary/aromatic N) is 1. The molecule has 23 heavy (non-hydrogen) atoms. The Morgan fingerprint density at radius 3 is 2.48 bits per heavy atom. The van der Waals surface area contributed by atoms with E-state index in [0.29, 0.717) is 35.6 Å². The first-order chi connectivity index (χ1) is 10.9. The largest absolute Gasteiger partial charge is 0.511 e. The molecule has 0 aromatic heterocycles. The van der Waals surface area contributed by atoms with Crippen LogP contribution in [0.15, 0.2) is 40.6 Å². The number of Topliss-reactive ketones (excluding diaryl/α,β-unsaturated/α-hetero) is 2. The molecule has 1 unspecified atom stereocenters. The van der Waals surface area contributed by atoms with Gasteiger partial charge in [0.05, 0.1) is 11.3 Å². The van der Waals surface area contributed by atoms with Crippen molar-refractivity contribution >= 4 is 23.5 Å². The monoisotopic (exact) mass is 313 g/mol. The molecule has 1 aliphatic rings. The zero-order valence-corrected chi connectivity index (χ0v) is 13.9. The highest BCUT2D eigenvalue weighted by atomic mass is 16.3. The van der Waals surface area contributed by atoms with Gasteiger partial charge in [-0.15, -0.1) is 0 Å². The minimum atomic E-state index is -0.0523. The van der Waals surface area contributed by atoms with Crippen LogP contribution in [0.2, 0.25) is 0 Å². The summed E-state index contributed by atoms with van der Waals surface area (Å²) in [6, 6.07) is 6.84. The molecule has 1 aromatic carbocycles. The van der Waals surface area contributed by atoms with Gasteiger partial charge in [0.1, 0.15) is 5.76 Å². The predicted molar refractivity (Wildman–Crippen MR) is 91.4 cm³/mol. The van der Waals surface area contributed by atoms with E-state index in [0.717, 1.165) is 6.42 Å². The predicted octanol–water partition coefficient (Wildman–Crippen LogP) is 4.43. The number of ketones is 2. The SMILES string of the molecule is CC(=O)c1ccc(N=CC2=C(O)CC(CC(C)C)CC2=O)cc1. The number of rotatable bonds is 5. The molecule has 0 bridgehead atoms. The highest BCUT2D eigenvalue weighted by molar-refractivity contribution is 6.14. The molecule has 0 saturated heterocycles. The number of hydrogen-bond donors (Lipinski definition) is 1. The smallest absolute Gasteiger partial charge is 0.168 e. The van der Waals surface area contributed by atoms with Gasteiger partial charge in [0.2, 0.25) is 0 Å². The highest BCUT2D eigenvalue weighted by Gasteiger charge is 2.27. The highest BCUT2D eigenvalue weighted by Crippen LogP contribution is 2.30. The normalized spacial score (nSPS) is 19.0. The second-order valence-corrected chi connectivity index (χ2v) is 6.55. The molecule has 0 fully saturated rings. The van der Waals surface area contributed by atoms with Crippen molar-refractivity contribution in [2.45, 2.75) is 40.0 Å². The van der Waals surface area contributed by atoms with Crippen LogP contribution in [0.4, 0.5) is 5.69 Å². The van der Waals surface area contributed by atoms with Gasteiger partial charge in [-0.2, -0.15) is 0 Å². The van der Waals surface area contributed by atoms with Crippen LogP contribution in [-0.2, 0) is 4.79 Å². The lowest BCUT2D eigenvalue weighted by molar-refractivity contribution is -0.116.